The Hall–Kier alpha value is -0.410. The molecule has 19 heavy (non-hydrogen) atoms. The van der Waals surface area contributed by atoms with E-state index in [4.69, 9.17) is 0 Å². The molecule has 3 nitrogen and oxygen atoms in total. The largest absolute Gasteiger partial charge is 0.395 e. The van der Waals surface area contributed by atoms with E-state index in [1.165, 1.54) is 51.4 Å². The molecule has 0 atom stereocenters. The van der Waals surface area contributed by atoms with Gasteiger partial charge in [0.25, 0.3) is 0 Å². The molecular formula is C16H29NO2. The van der Waals surface area contributed by atoms with Gasteiger partial charge < -0.3 is 5.11 Å². The summed E-state index contributed by atoms with van der Waals surface area (Å²) >= 11 is 0. The van der Waals surface area contributed by atoms with Crippen molar-refractivity contribution in [2.24, 2.45) is 5.92 Å². The van der Waals surface area contributed by atoms with Gasteiger partial charge in [-0.1, -0.05) is 38.5 Å². The first-order valence-electron chi connectivity index (χ1n) is 8.19. The van der Waals surface area contributed by atoms with E-state index in [1.807, 2.05) is 0 Å². The highest BCUT2D eigenvalue weighted by Gasteiger charge is 2.26. The van der Waals surface area contributed by atoms with Crippen LogP contribution in [0.3, 0.4) is 0 Å². The summed E-state index contributed by atoms with van der Waals surface area (Å²) in [6.07, 6.45) is 12.2. The number of aliphatic hydroxyl groups is 1. The first-order chi connectivity index (χ1) is 9.31. The van der Waals surface area contributed by atoms with Gasteiger partial charge in [0.15, 0.2) is 0 Å². The number of hydrogen-bond acceptors (Lipinski definition) is 3. The lowest BCUT2D eigenvalue weighted by Gasteiger charge is -2.34. The van der Waals surface area contributed by atoms with Crippen molar-refractivity contribution in [1.29, 1.82) is 0 Å². The highest BCUT2D eigenvalue weighted by Crippen LogP contribution is 2.26. The second kappa shape index (κ2) is 8.01. The fourth-order valence-corrected chi connectivity index (χ4v) is 3.72. The number of carbonyl (C=O) groups is 1. The fourth-order valence-electron chi connectivity index (χ4n) is 3.72. The van der Waals surface area contributed by atoms with E-state index >= 15 is 0 Å². The smallest absolute Gasteiger partial charge is 0.149 e. The van der Waals surface area contributed by atoms with Gasteiger partial charge in [-0.15, -0.1) is 0 Å². The predicted molar refractivity (Wildman–Crippen MR) is 77.1 cm³/mol. The van der Waals surface area contributed by atoms with Crippen LogP contribution in [0.25, 0.3) is 0 Å². The molecule has 2 fully saturated rings. The predicted octanol–water partition coefficient (Wildman–Crippen LogP) is 2.76. The Balaban J connectivity index is 1.85. The van der Waals surface area contributed by atoms with Gasteiger partial charge >= 0.3 is 0 Å². The van der Waals surface area contributed by atoms with Crippen LogP contribution in [0.5, 0.6) is 0 Å². The van der Waals surface area contributed by atoms with Crippen molar-refractivity contribution in [3.05, 3.63) is 0 Å². The molecule has 2 saturated carbocycles. The van der Waals surface area contributed by atoms with Gasteiger partial charge in [-0.3, -0.25) is 9.69 Å². The van der Waals surface area contributed by atoms with Gasteiger partial charge in [-0.2, -0.15) is 0 Å². The third-order valence-electron chi connectivity index (χ3n) is 4.90. The summed E-state index contributed by atoms with van der Waals surface area (Å²) in [5, 5.41) is 9.24. The second-order valence-electron chi connectivity index (χ2n) is 6.29. The second-order valence-corrected chi connectivity index (χ2v) is 6.29. The number of aliphatic hydroxyl groups excluding tert-OH is 1. The Morgan fingerprint density at radius 3 is 2.11 bits per heavy atom. The van der Waals surface area contributed by atoms with Crippen molar-refractivity contribution in [1.82, 2.24) is 4.90 Å². The van der Waals surface area contributed by atoms with Crippen molar-refractivity contribution in [3.63, 3.8) is 0 Å². The number of nitrogens with zero attached hydrogens (tertiary/aromatic N) is 1. The van der Waals surface area contributed by atoms with Crippen molar-refractivity contribution >= 4 is 5.78 Å². The van der Waals surface area contributed by atoms with Gasteiger partial charge in [0.1, 0.15) is 5.78 Å². The van der Waals surface area contributed by atoms with Gasteiger partial charge in [0.2, 0.25) is 0 Å². The van der Waals surface area contributed by atoms with Gasteiger partial charge in [0, 0.05) is 18.5 Å². The number of carbonyl (C=O) groups excluding carboxylic acids is 1. The molecule has 0 saturated heterocycles. The zero-order chi connectivity index (χ0) is 13.5. The summed E-state index contributed by atoms with van der Waals surface area (Å²) in [5.41, 5.74) is 0. The van der Waals surface area contributed by atoms with E-state index in [1.54, 1.807) is 0 Å². The van der Waals surface area contributed by atoms with Crippen molar-refractivity contribution in [2.75, 3.05) is 19.7 Å². The minimum Gasteiger partial charge on any atom is -0.395 e. The summed E-state index contributed by atoms with van der Waals surface area (Å²) < 4.78 is 0. The quantitative estimate of drug-likeness (QED) is 0.804. The number of ketones is 1. The highest BCUT2D eigenvalue weighted by atomic mass is 16.3. The topological polar surface area (TPSA) is 40.5 Å². The fraction of sp³-hybridized carbons (Fsp3) is 0.938. The lowest BCUT2D eigenvalue weighted by atomic mass is 9.85. The molecule has 1 N–H and O–H groups in total. The molecule has 0 aromatic rings. The summed E-state index contributed by atoms with van der Waals surface area (Å²) in [4.78, 5) is 14.7. The molecule has 0 bridgehead atoms. The van der Waals surface area contributed by atoms with Crippen LogP contribution >= 0.6 is 0 Å². The van der Waals surface area contributed by atoms with E-state index < -0.39 is 0 Å². The van der Waals surface area contributed by atoms with E-state index in [0.717, 1.165) is 12.8 Å². The van der Waals surface area contributed by atoms with Crippen LogP contribution in [0.15, 0.2) is 0 Å². The number of rotatable bonds is 6. The van der Waals surface area contributed by atoms with E-state index in [-0.39, 0.29) is 6.61 Å². The Kier molecular flexibility index (Phi) is 6.32. The molecule has 0 heterocycles. The van der Waals surface area contributed by atoms with Crippen LogP contribution in [0.2, 0.25) is 0 Å². The molecule has 0 aromatic heterocycles. The molecule has 3 heteroatoms. The van der Waals surface area contributed by atoms with Crippen LogP contribution < -0.4 is 0 Å². The van der Waals surface area contributed by atoms with Crippen molar-refractivity contribution < 1.29 is 9.90 Å². The molecule has 0 aliphatic heterocycles. The van der Waals surface area contributed by atoms with Gasteiger partial charge in [0.05, 0.1) is 13.2 Å². The Morgan fingerprint density at radius 2 is 1.53 bits per heavy atom. The maximum atomic E-state index is 12.4. The lowest BCUT2D eigenvalue weighted by Crippen LogP contribution is -2.43. The van der Waals surface area contributed by atoms with E-state index in [9.17, 15) is 9.90 Å². The van der Waals surface area contributed by atoms with E-state index in [0.29, 0.717) is 30.8 Å². The highest BCUT2D eigenvalue weighted by molar-refractivity contribution is 5.83. The van der Waals surface area contributed by atoms with Crippen LogP contribution in [0.1, 0.15) is 64.2 Å². The summed E-state index contributed by atoms with van der Waals surface area (Å²) in [5.74, 6) is 0.734. The monoisotopic (exact) mass is 267 g/mol. The average Bonchev–Trinajstić information content (AvgIpc) is 2.48. The Bertz CT molecular complexity index is 268. The normalized spacial score (nSPS) is 22.8. The maximum Gasteiger partial charge on any atom is 0.149 e. The molecule has 0 spiro atoms. The molecule has 2 aliphatic carbocycles. The zero-order valence-corrected chi connectivity index (χ0v) is 12.1. The SMILES string of the molecule is O=C(CN(CCO)C1CCCCC1)C1CCCCC1. The van der Waals surface area contributed by atoms with Crippen LogP contribution in [-0.4, -0.2) is 41.5 Å². The van der Waals surface area contributed by atoms with Crippen LogP contribution in [-0.2, 0) is 4.79 Å². The minimum absolute atomic E-state index is 0.175. The summed E-state index contributed by atoms with van der Waals surface area (Å²) in [6, 6.07) is 0.536. The summed E-state index contributed by atoms with van der Waals surface area (Å²) in [7, 11) is 0. The Labute approximate surface area is 117 Å². The standard InChI is InChI=1S/C16H29NO2/c18-12-11-17(15-9-5-2-6-10-15)13-16(19)14-7-3-1-4-8-14/h14-15,18H,1-13H2. The molecule has 0 aromatic carbocycles. The number of hydrogen-bond donors (Lipinski definition) is 1. The third-order valence-corrected chi connectivity index (χ3v) is 4.90. The molecule has 2 aliphatic rings. The maximum absolute atomic E-state index is 12.4. The minimum atomic E-state index is 0.175. The van der Waals surface area contributed by atoms with Crippen LogP contribution in [0, 0.1) is 5.92 Å². The third kappa shape index (κ3) is 4.57. The average molecular weight is 267 g/mol. The van der Waals surface area contributed by atoms with Crippen molar-refractivity contribution in [3.8, 4) is 0 Å². The Morgan fingerprint density at radius 1 is 0.947 bits per heavy atom. The molecule has 0 unspecified atom stereocenters. The van der Waals surface area contributed by atoms with Crippen LogP contribution in [0.4, 0.5) is 0 Å². The molecule has 0 amide bonds. The van der Waals surface area contributed by atoms with E-state index in [2.05, 4.69) is 4.90 Å². The first kappa shape index (κ1) is 15.0. The molecule has 2 rings (SSSR count). The lowest BCUT2D eigenvalue weighted by molar-refractivity contribution is -0.125. The zero-order valence-electron chi connectivity index (χ0n) is 12.1. The first-order valence-corrected chi connectivity index (χ1v) is 8.19. The van der Waals surface area contributed by atoms with Crippen molar-refractivity contribution in [2.45, 2.75) is 70.3 Å². The van der Waals surface area contributed by atoms with Gasteiger partial charge in [-0.05, 0) is 25.7 Å². The molecule has 110 valence electrons. The molecule has 0 radical (unpaired) electrons. The number of Topliss-reactive ketones (excluding diaryl/α,β-unsaturated/α-hetero) is 1. The molecular weight excluding hydrogens is 238 g/mol. The van der Waals surface area contributed by atoms with Gasteiger partial charge in [-0.25, -0.2) is 0 Å². The summed E-state index contributed by atoms with van der Waals surface area (Å²) in [6.45, 7) is 1.42.